The number of imidazole rings is 1. The zero-order valence-corrected chi connectivity index (χ0v) is 17.5. The zero-order valence-electron chi connectivity index (χ0n) is 17.5. The molecule has 0 aliphatic carbocycles. The molecule has 4 rings (SSSR count). The molecule has 0 saturated carbocycles. The molecule has 2 N–H and O–H groups in total. The summed E-state index contributed by atoms with van der Waals surface area (Å²) in [7, 11) is 0. The van der Waals surface area contributed by atoms with Gasteiger partial charge in [0.15, 0.2) is 0 Å². The molecule has 0 spiro atoms. The van der Waals surface area contributed by atoms with E-state index in [0.29, 0.717) is 29.9 Å². The quantitative estimate of drug-likeness (QED) is 0.653. The molecule has 1 fully saturated rings. The molecule has 31 heavy (non-hydrogen) atoms. The first-order valence-corrected chi connectivity index (χ1v) is 10.6. The number of nitrogens with zero attached hydrogens (tertiary/aromatic N) is 3. The third-order valence-corrected chi connectivity index (χ3v) is 5.58. The van der Waals surface area contributed by atoms with Gasteiger partial charge in [-0.15, -0.1) is 0 Å². The standard InChI is InChI=1S/C23H26FN5O2/c1-16-5-7-18(14-19(16)24)27-23(31)25-9-12-29-15-26-20-13-17(6-8-21(20)29)22(30)28-10-3-2-4-11-28/h5-8,13-15H,2-4,9-12H2,1H3,(H2,25,27,31). The highest BCUT2D eigenvalue weighted by atomic mass is 19.1. The van der Waals surface area contributed by atoms with Crippen LogP contribution in [0.4, 0.5) is 14.9 Å². The lowest BCUT2D eigenvalue weighted by molar-refractivity contribution is 0.0724. The monoisotopic (exact) mass is 423 g/mol. The predicted molar refractivity (Wildman–Crippen MR) is 118 cm³/mol. The number of amides is 3. The molecule has 1 saturated heterocycles. The summed E-state index contributed by atoms with van der Waals surface area (Å²) >= 11 is 0. The Morgan fingerprint density at radius 1 is 1.10 bits per heavy atom. The molecule has 2 heterocycles. The summed E-state index contributed by atoms with van der Waals surface area (Å²) < 4.78 is 15.5. The number of likely N-dealkylation sites (tertiary alicyclic amines) is 1. The molecule has 0 unspecified atom stereocenters. The van der Waals surface area contributed by atoms with E-state index in [1.165, 1.54) is 12.5 Å². The van der Waals surface area contributed by atoms with Gasteiger partial charge in [0.25, 0.3) is 5.91 Å². The van der Waals surface area contributed by atoms with Crippen molar-refractivity contribution < 1.29 is 14.0 Å². The number of rotatable bonds is 5. The first-order valence-electron chi connectivity index (χ1n) is 10.6. The Balaban J connectivity index is 1.34. The molecule has 1 aromatic heterocycles. The van der Waals surface area contributed by atoms with E-state index < -0.39 is 6.03 Å². The van der Waals surface area contributed by atoms with Crippen LogP contribution in [0.25, 0.3) is 11.0 Å². The molecule has 3 aromatic rings. The number of benzene rings is 2. The average Bonchev–Trinajstić information content (AvgIpc) is 3.18. The van der Waals surface area contributed by atoms with Crippen molar-refractivity contribution in [3.8, 4) is 0 Å². The normalized spacial score (nSPS) is 13.9. The van der Waals surface area contributed by atoms with Crippen molar-refractivity contribution in [2.75, 3.05) is 25.0 Å². The van der Waals surface area contributed by atoms with Crippen LogP contribution in [0.15, 0.2) is 42.7 Å². The molecule has 7 nitrogen and oxygen atoms in total. The Hall–Kier alpha value is -3.42. The third-order valence-electron chi connectivity index (χ3n) is 5.58. The molecule has 0 bridgehead atoms. The number of urea groups is 1. The number of hydrogen-bond donors (Lipinski definition) is 2. The summed E-state index contributed by atoms with van der Waals surface area (Å²) in [6, 6.07) is 9.73. The lowest BCUT2D eigenvalue weighted by atomic mass is 10.1. The first-order chi connectivity index (χ1) is 15.0. The van der Waals surface area contributed by atoms with Gasteiger partial charge in [0, 0.05) is 37.4 Å². The Bertz CT molecular complexity index is 1100. The highest BCUT2D eigenvalue weighted by Gasteiger charge is 2.19. The van der Waals surface area contributed by atoms with Gasteiger partial charge in [-0.3, -0.25) is 4.79 Å². The highest BCUT2D eigenvalue weighted by Crippen LogP contribution is 2.18. The van der Waals surface area contributed by atoms with Gasteiger partial charge in [0.1, 0.15) is 5.82 Å². The molecule has 2 aromatic carbocycles. The molecule has 8 heteroatoms. The summed E-state index contributed by atoms with van der Waals surface area (Å²) in [6.07, 6.45) is 5.00. The Morgan fingerprint density at radius 2 is 1.90 bits per heavy atom. The van der Waals surface area contributed by atoms with E-state index in [1.54, 1.807) is 25.4 Å². The minimum Gasteiger partial charge on any atom is -0.339 e. The maximum atomic E-state index is 13.6. The fraction of sp³-hybridized carbons (Fsp3) is 0.348. The van der Waals surface area contributed by atoms with Crippen molar-refractivity contribution in [2.24, 2.45) is 0 Å². The van der Waals surface area contributed by atoms with Gasteiger partial charge < -0.3 is 20.1 Å². The van der Waals surface area contributed by atoms with Crippen LogP contribution in [0.5, 0.6) is 0 Å². The number of fused-ring (bicyclic) bond motifs is 1. The number of piperidine rings is 1. The molecule has 3 amide bonds. The van der Waals surface area contributed by atoms with Crippen molar-refractivity contribution in [1.82, 2.24) is 19.8 Å². The zero-order chi connectivity index (χ0) is 21.8. The van der Waals surface area contributed by atoms with E-state index in [4.69, 9.17) is 0 Å². The Morgan fingerprint density at radius 3 is 2.68 bits per heavy atom. The number of aromatic nitrogens is 2. The van der Waals surface area contributed by atoms with Gasteiger partial charge in [0.2, 0.25) is 0 Å². The van der Waals surface area contributed by atoms with Gasteiger partial charge in [-0.2, -0.15) is 0 Å². The van der Waals surface area contributed by atoms with Crippen molar-refractivity contribution in [3.05, 3.63) is 59.7 Å². The van der Waals surface area contributed by atoms with Crippen LogP contribution in [-0.2, 0) is 6.54 Å². The molecular formula is C23H26FN5O2. The maximum Gasteiger partial charge on any atom is 0.319 e. The maximum absolute atomic E-state index is 13.6. The molecule has 0 radical (unpaired) electrons. The van der Waals surface area contributed by atoms with E-state index in [0.717, 1.165) is 37.0 Å². The number of hydrogen-bond acceptors (Lipinski definition) is 3. The van der Waals surface area contributed by atoms with Crippen LogP contribution in [0, 0.1) is 12.7 Å². The van der Waals surface area contributed by atoms with Crippen molar-refractivity contribution in [3.63, 3.8) is 0 Å². The van der Waals surface area contributed by atoms with Crippen LogP contribution < -0.4 is 10.6 Å². The Kier molecular flexibility index (Phi) is 6.16. The molecular weight excluding hydrogens is 397 g/mol. The number of aryl methyl sites for hydroxylation is 1. The summed E-state index contributed by atoms with van der Waals surface area (Å²) in [5.41, 5.74) is 3.24. The first kappa shape index (κ1) is 20.8. The Labute approximate surface area is 180 Å². The third kappa shape index (κ3) is 4.84. The lowest BCUT2D eigenvalue weighted by Crippen LogP contribution is -2.35. The van der Waals surface area contributed by atoms with E-state index in [-0.39, 0.29) is 11.7 Å². The summed E-state index contributed by atoms with van der Waals surface area (Å²) in [5, 5.41) is 5.38. The van der Waals surface area contributed by atoms with Crippen LogP contribution >= 0.6 is 0 Å². The number of carbonyl (C=O) groups is 2. The lowest BCUT2D eigenvalue weighted by Gasteiger charge is -2.26. The van der Waals surface area contributed by atoms with Gasteiger partial charge in [-0.05, 0) is 62.1 Å². The van der Waals surface area contributed by atoms with Gasteiger partial charge in [-0.25, -0.2) is 14.2 Å². The second-order valence-corrected chi connectivity index (χ2v) is 7.84. The van der Waals surface area contributed by atoms with Crippen LogP contribution in [0.1, 0.15) is 35.2 Å². The predicted octanol–water partition coefficient (Wildman–Crippen LogP) is 3.93. The summed E-state index contributed by atoms with van der Waals surface area (Å²) in [5.74, 6) is -0.303. The van der Waals surface area contributed by atoms with Crippen molar-refractivity contribution in [1.29, 1.82) is 0 Å². The van der Waals surface area contributed by atoms with E-state index >= 15 is 0 Å². The van der Waals surface area contributed by atoms with E-state index in [2.05, 4.69) is 15.6 Å². The van der Waals surface area contributed by atoms with Gasteiger partial charge in [0.05, 0.1) is 17.4 Å². The molecule has 0 atom stereocenters. The summed E-state index contributed by atoms with van der Waals surface area (Å²) in [6.45, 7) is 4.19. The minimum atomic E-state index is -0.401. The fourth-order valence-electron chi connectivity index (χ4n) is 3.79. The molecule has 1 aliphatic heterocycles. The largest absolute Gasteiger partial charge is 0.339 e. The van der Waals surface area contributed by atoms with Crippen LogP contribution in [0.3, 0.4) is 0 Å². The number of anilines is 1. The number of nitrogens with one attached hydrogen (secondary N) is 2. The van der Waals surface area contributed by atoms with Crippen molar-refractivity contribution >= 4 is 28.7 Å². The SMILES string of the molecule is Cc1ccc(NC(=O)NCCn2cnc3cc(C(=O)N4CCCCC4)ccc32)cc1F. The van der Waals surface area contributed by atoms with Crippen molar-refractivity contribution in [2.45, 2.75) is 32.7 Å². The number of halogens is 1. The number of carbonyl (C=O) groups excluding carboxylic acids is 2. The summed E-state index contributed by atoms with van der Waals surface area (Å²) in [4.78, 5) is 31.1. The van der Waals surface area contributed by atoms with E-state index in [1.807, 2.05) is 27.7 Å². The average molecular weight is 423 g/mol. The molecule has 1 aliphatic rings. The second-order valence-electron chi connectivity index (χ2n) is 7.84. The van der Waals surface area contributed by atoms with E-state index in [9.17, 15) is 14.0 Å². The molecule has 162 valence electrons. The fourth-order valence-corrected chi connectivity index (χ4v) is 3.79. The van der Waals surface area contributed by atoms with Gasteiger partial charge in [-0.1, -0.05) is 6.07 Å². The second kappa shape index (κ2) is 9.16. The van der Waals surface area contributed by atoms with Gasteiger partial charge >= 0.3 is 6.03 Å². The van der Waals surface area contributed by atoms with Crippen LogP contribution in [-0.4, -0.2) is 46.0 Å². The van der Waals surface area contributed by atoms with Crippen LogP contribution in [0.2, 0.25) is 0 Å². The topological polar surface area (TPSA) is 79.3 Å². The highest BCUT2D eigenvalue weighted by molar-refractivity contribution is 5.97. The smallest absolute Gasteiger partial charge is 0.319 e. The minimum absolute atomic E-state index is 0.0574.